The van der Waals surface area contributed by atoms with E-state index in [1.807, 2.05) is 0 Å². The summed E-state index contributed by atoms with van der Waals surface area (Å²) < 4.78 is 0. The molecule has 0 atom stereocenters. The summed E-state index contributed by atoms with van der Waals surface area (Å²) >= 11 is 5.78. The number of nitrogens with one attached hydrogen (secondary N) is 1. The third-order valence-electron chi connectivity index (χ3n) is 2.14. The van der Waals surface area contributed by atoms with Gasteiger partial charge in [-0.1, -0.05) is 11.6 Å². The average molecular weight is 205 g/mol. The molecule has 0 fully saturated rings. The molecule has 0 saturated heterocycles. The van der Waals surface area contributed by atoms with Crippen LogP contribution in [0.3, 0.4) is 0 Å². The quantitative estimate of drug-likeness (QED) is 0.571. The first-order chi connectivity index (χ1) is 6.84. The highest BCUT2D eigenvalue weighted by molar-refractivity contribution is 6.30. The highest BCUT2D eigenvalue weighted by Gasteiger charge is 2.03. The van der Waals surface area contributed by atoms with Crippen molar-refractivity contribution in [3.05, 3.63) is 29.8 Å². The number of pyridine rings is 2. The van der Waals surface area contributed by atoms with Gasteiger partial charge < -0.3 is 0 Å². The summed E-state index contributed by atoms with van der Waals surface area (Å²) in [5, 5.41) is 10.1. The van der Waals surface area contributed by atoms with Gasteiger partial charge in [-0.05, 0) is 6.07 Å². The molecule has 68 valence electrons. The lowest BCUT2D eigenvalue weighted by Gasteiger charge is -1.97. The summed E-state index contributed by atoms with van der Waals surface area (Å²) in [4.78, 5) is 8.24. The van der Waals surface area contributed by atoms with E-state index in [1.165, 1.54) is 0 Å². The number of nitrogens with zero attached hydrogens (tertiary/aromatic N) is 3. The topological polar surface area (TPSA) is 54.5 Å². The van der Waals surface area contributed by atoms with Crippen molar-refractivity contribution >= 4 is 33.4 Å². The number of fused-ring (bicyclic) bond motifs is 3. The molecule has 14 heavy (non-hydrogen) atoms. The minimum absolute atomic E-state index is 0.474. The fourth-order valence-electron chi connectivity index (χ4n) is 1.48. The first kappa shape index (κ1) is 7.70. The van der Waals surface area contributed by atoms with E-state index in [0.717, 1.165) is 21.8 Å². The van der Waals surface area contributed by atoms with E-state index in [0.29, 0.717) is 5.15 Å². The largest absolute Gasteiger partial charge is 0.261 e. The van der Waals surface area contributed by atoms with Crippen molar-refractivity contribution in [3.63, 3.8) is 0 Å². The summed E-state index contributed by atoms with van der Waals surface area (Å²) in [7, 11) is 0. The lowest BCUT2D eigenvalue weighted by Crippen LogP contribution is -1.81. The molecule has 5 heteroatoms. The Bertz CT molecular complexity index is 616. The molecule has 3 heterocycles. The summed E-state index contributed by atoms with van der Waals surface area (Å²) in [6.45, 7) is 0. The summed E-state index contributed by atoms with van der Waals surface area (Å²) in [6.07, 6.45) is 5.22. The molecule has 0 aromatic carbocycles. The van der Waals surface area contributed by atoms with Gasteiger partial charge in [-0.15, -0.1) is 0 Å². The second-order valence-electron chi connectivity index (χ2n) is 2.98. The van der Waals surface area contributed by atoms with Crippen molar-refractivity contribution in [2.24, 2.45) is 0 Å². The second kappa shape index (κ2) is 2.65. The molecule has 0 unspecified atom stereocenters. The normalized spacial score (nSPS) is 11.2. The number of hydrogen-bond acceptors (Lipinski definition) is 3. The van der Waals surface area contributed by atoms with Gasteiger partial charge in [-0.3, -0.25) is 5.10 Å². The first-order valence-corrected chi connectivity index (χ1v) is 4.46. The molecular formula is C9H5ClN4. The van der Waals surface area contributed by atoms with Crippen molar-refractivity contribution in [2.75, 3.05) is 0 Å². The zero-order chi connectivity index (χ0) is 9.54. The molecule has 0 aliphatic carbocycles. The molecule has 3 aromatic rings. The highest BCUT2D eigenvalue weighted by Crippen LogP contribution is 2.22. The van der Waals surface area contributed by atoms with E-state index in [2.05, 4.69) is 20.2 Å². The van der Waals surface area contributed by atoms with Gasteiger partial charge in [0.05, 0.1) is 6.20 Å². The van der Waals surface area contributed by atoms with Crippen LogP contribution in [0.15, 0.2) is 24.7 Å². The lowest BCUT2D eigenvalue weighted by molar-refractivity contribution is 1.10. The van der Waals surface area contributed by atoms with Crippen molar-refractivity contribution in [2.45, 2.75) is 0 Å². The Morgan fingerprint density at radius 2 is 2.00 bits per heavy atom. The molecule has 0 radical (unpaired) electrons. The smallest absolute Gasteiger partial charge is 0.155 e. The van der Waals surface area contributed by atoms with Crippen LogP contribution in [0, 0.1) is 0 Å². The second-order valence-corrected chi connectivity index (χ2v) is 3.37. The lowest BCUT2D eigenvalue weighted by atomic mass is 10.2. The zero-order valence-electron chi connectivity index (χ0n) is 7.03. The Kier molecular flexibility index (Phi) is 1.46. The number of aromatic nitrogens is 4. The van der Waals surface area contributed by atoms with E-state index in [4.69, 9.17) is 11.6 Å². The average Bonchev–Trinajstić information content (AvgIpc) is 2.65. The number of H-pyrrole nitrogens is 1. The predicted octanol–water partition coefficient (Wildman–Crippen LogP) is 2.16. The maximum absolute atomic E-state index is 5.78. The SMILES string of the molecule is Clc1cc2cnc3[nH]ncc3c2cn1. The first-order valence-electron chi connectivity index (χ1n) is 4.08. The van der Waals surface area contributed by atoms with Crippen LogP contribution >= 0.6 is 11.6 Å². The minimum atomic E-state index is 0.474. The Balaban J connectivity index is 2.57. The van der Waals surface area contributed by atoms with Gasteiger partial charge in [0.15, 0.2) is 5.65 Å². The highest BCUT2D eigenvalue weighted by atomic mass is 35.5. The van der Waals surface area contributed by atoms with E-state index in [-0.39, 0.29) is 0 Å². The summed E-state index contributed by atoms with van der Waals surface area (Å²) in [6, 6.07) is 1.79. The Labute approximate surface area is 83.9 Å². The van der Waals surface area contributed by atoms with E-state index < -0.39 is 0 Å². The van der Waals surface area contributed by atoms with Crippen LogP contribution in [-0.2, 0) is 0 Å². The van der Waals surface area contributed by atoms with E-state index in [1.54, 1.807) is 24.7 Å². The molecule has 1 N–H and O–H groups in total. The van der Waals surface area contributed by atoms with Gasteiger partial charge in [-0.25, -0.2) is 9.97 Å². The van der Waals surface area contributed by atoms with Crippen molar-refractivity contribution in [3.8, 4) is 0 Å². The van der Waals surface area contributed by atoms with Crippen LogP contribution < -0.4 is 0 Å². The number of halogens is 1. The Hall–Kier alpha value is -1.68. The molecule has 0 amide bonds. The van der Waals surface area contributed by atoms with Gasteiger partial charge in [0.2, 0.25) is 0 Å². The summed E-state index contributed by atoms with van der Waals surface area (Å²) in [5.41, 5.74) is 0.765. The maximum Gasteiger partial charge on any atom is 0.155 e. The van der Waals surface area contributed by atoms with Gasteiger partial charge in [0, 0.05) is 28.6 Å². The number of hydrogen-bond donors (Lipinski definition) is 1. The van der Waals surface area contributed by atoms with Crippen molar-refractivity contribution < 1.29 is 0 Å². The van der Waals surface area contributed by atoms with Crippen LogP contribution in [0.2, 0.25) is 5.15 Å². The van der Waals surface area contributed by atoms with Crippen LogP contribution in [0.25, 0.3) is 21.8 Å². The number of rotatable bonds is 0. The van der Waals surface area contributed by atoms with E-state index in [9.17, 15) is 0 Å². The third-order valence-corrected chi connectivity index (χ3v) is 2.35. The Morgan fingerprint density at radius 1 is 1.07 bits per heavy atom. The maximum atomic E-state index is 5.78. The van der Waals surface area contributed by atoms with Crippen LogP contribution in [0.4, 0.5) is 0 Å². The predicted molar refractivity (Wildman–Crippen MR) is 54.2 cm³/mol. The van der Waals surface area contributed by atoms with Gasteiger partial charge in [0.25, 0.3) is 0 Å². The molecule has 0 bridgehead atoms. The fourth-order valence-corrected chi connectivity index (χ4v) is 1.65. The zero-order valence-corrected chi connectivity index (χ0v) is 7.78. The molecule has 3 rings (SSSR count). The molecule has 0 spiro atoms. The third kappa shape index (κ3) is 0.975. The van der Waals surface area contributed by atoms with E-state index >= 15 is 0 Å². The minimum Gasteiger partial charge on any atom is -0.261 e. The fraction of sp³-hybridized carbons (Fsp3) is 0. The molecule has 0 aliphatic rings. The molecular weight excluding hydrogens is 200 g/mol. The molecule has 0 aliphatic heterocycles. The van der Waals surface area contributed by atoms with Crippen LogP contribution in [0.5, 0.6) is 0 Å². The van der Waals surface area contributed by atoms with Gasteiger partial charge in [0.1, 0.15) is 5.15 Å². The van der Waals surface area contributed by atoms with Crippen LogP contribution in [0.1, 0.15) is 0 Å². The Morgan fingerprint density at radius 3 is 2.93 bits per heavy atom. The standard InChI is InChI=1S/C9H5ClN4/c10-8-1-5-2-12-9-7(4-13-14-9)6(5)3-11-8/h1-4H,(H,12,13,14). The molecule has 3 aromatic heterocycles. The number of aromatic amines is 1. The monoisotopic (exact) mass is 204 g/mol. The van der Waals surface area contributed by atoms with Crippen molar-refractivity contribution in [1.82, 2.24) is 20.2 Å². The van der Waals surface area contributed by atoms with Gasteiger partial charge >= 0.3 is 0 Å². The van der Waals surface area contributed by atoms with Crippen molar-refractivity contribution in [1.29, 1.82) is 0 Å². The van der Waals surface area contributed by atoms with Gasteiger partial charge in [-0.2, -0.15) is 5.10 Å². The van der Waals surface area contributed by atoms with Crippen LogP contribution in [-0.4, -0.2) is 20.2 Å². The molecule has 0 saturated carbocycles. The summed E-state index contributed by atoms with van der Waals surface area (Å²) in [5.74, 6) is 0. The molecule has 4 nitrogen and oxygen atoms in total.